The highest BCUT2D eigenvalue weighted by molar-refractivity contribution is 6.22. The van der Waals surface area contributed by atoms with Crippen LogP contribution in [0.5, 0.6) is 0 Å². The molecule has 232 valence electrons. The lowest BCUT2D eigenvalue weighted by molar-refractivity contribution is 1.07. The Balaban J connectivity index is 1.16. The van der Waals surface area contributed by atoms with Gasteiger partial charge >= 0.3 is 0 Å². The lowest BCUT2D eigenvalue weighted by atomic mass is 9.96. The Bertz CT molecular complexity index is 2810. The molecule has 3 heterocycles. The van der Waals surface area contributed by atoms with E-state index in [0.717, 1.165) is 65.9 Å². The molecule has 0 aliphatic carbocycles. The maximum absolute atomic E-state index is 5.14. The predicted molar refractivity (Wildman–Crippen MR) is 205 cm³/mol. The third-order valence-electron chi connectivity index (χ3n) is 9.55. The molecule has 0 fully saturated rings. The first kappa shape index (κ1) is 28.2. The van der Waals surface area contributed by atoms with Crippen molar-refractivity contribution in [2.45, 2.75) is 0 Å². The van der Waals surface area contributed by atoms with Gasteiger partial charge in [-0.2, -0.15) is 0 Å². The number of pyridine rings is 2. The summed E-state index contributed by atoms with van der Waals surface area (Å²) in [6.45, 7) is 0. The van der Waals surface area contributed by atoms with Crippen molar-refractivity contribution >= 4 is 54.0 Å². The van der Waals surface area contributed by atoms with E-state index in [9.17, 15) is 0 Å². The Hall–Kier alpha value is -6.85. The van der Waals surface area contributed by atoms with Crippen molar-refractivity contribution in [1.82, 2.24) is 24.9 Å². The number of nitrogens with zero attached hydrogens (tertiary/aromatic N) is 5. The monoisotopic (exact) mass is 637 g/mol. The number of benzene rings is 7. The minimum Gasteiger partial charge on any atom is -0.254 e. The molecule has 0 amide bonds. The number of rotatable bonds is 4. The molecule has 0 atom stereocenters. The van der Waals surface area contributed by atoms with Gasteiger partial charge < -0.3 is 0 Å². The molecule has 0 aliphatic heterocycles. The van der Waals surface area contributed by atoms with E-state index in [-0.39, 0.29) is 0 Å². The first-order chi connectivity index (χ1) is 24.8. The molecule has 7 aromatic carbocycles. The summed E-state index contributed by atoms with van der Waals surface area (Å²) >= 11 is 0. The van der Waals surface area contributed by atoms with E-state index in [1.165, 1.54) is 16.2 Å². The molecule has 0 N–H and O–H groups in total. The fourth-order valence-electron chi connectivity index (χ4n) is 7.17. The Labute approximate surface area is 287 Å². The summed E-state index contributed by atoms with van der Waals surface area (Å²) in [5.41, 5.74) is 5.29. The zero-order valence-electron chi connectivity index (χ0n) is 26.8. The van der Waals surface area contributed by atoms with Crippen LogP contribution in [0.15, 0.2) is 164 Å². The maximum Gasteiger partial charge on any atom is 0.165 e. The first-order valence-electron chi connectivity index (χ1n) is 16.7. The highest BCUT2D eigenvalue weighted by Gasteiger charge is 2.18. The first-order valence-corrected chi connectivity index (χ1v) is 16.7. The van der Waals surface area contributed by atoms with E-state index < -0.39 is 0 Å². The van der Waals surface area contributed by atoms with Crippen molar-refractivity contribution in [3.05, 3.63) is 164 Å². The quantitative estimate of drug-likeness (QED) is 0.180. The van der Waals surface area contributed by atoms with Crippen molar-refractivity contribution in [3.63, 3.8) is 0 Å². The summed E-state index contributed by atoms with van der Waals surface area (Å²) < 4.78 is 0. The van der Waals surface area contributed by atoms with E-state index in [4.69, 9.17) is 24.9 Å². The molecule has 0 unspecified atom stereocenters. The van der Waals surface area contributed by atoms with Crippen LogP contribution in [0.4, 0.5) is 0 Å². The average molecular weight is 638 g/mol. The van der Waals surface area contributed by atoms with Crippen molar-refractivity contribution in [2.24, 2.45) is 0 Å². The van der Waals surface area contributed by atoms with Crippen LogP contribution in [0.3, 0.4) is 0 Å². The fourth-order valence-corrected chi connectivity index (χ4v) is 7.17. The lowest BCUT2D eigenvalue weighted by Crippen LogP contribution is -2.01. The molecule has 3 aromatic heterocycles. The fraction of sp³-hybridized carbons (Fsp3) is 0. The van der Waals surface area contributed by atoms with Gasteiger partial charge in [0.1, 0.15) is 0 Å². The molecule has 5 heteroatoms. The molecular formula is C45H27N5. The summed E-state index contributed by atoms with van der Waals surface area (Å²) in [6.07, 6.45) is 1.86. The SMILES string of the molecule is c1ccc2c(-c3nc(-c4ccc(-c5nc6ccccc6c6c5ccc5ccccc56)nc4)nc(-c4cccc5ccccc45)n3)cccc2c1. The van der Waals surface area contributed by atoms with E-state index in [1.54, 1.807) is 0 Å². The van der Waals surface area contributed by atoms with Crippen LogP contribution in [0, 0.1) is 0 Å². The third-order valence-corrected chi connectivity index (χ3v) is 9.55. The van der Waals surface area contributed by atoms with Gasteiger partial charge in [0.15, 0.2) is 17.5 Å². The van der Waals surface area contributed by atoms with Crippen LogP contribution >= 0.6 is 0 Å². The second-order valence-corrected chi connectivity index (χ2v) is 12.5. The zero-order valence-corrected chi connectivity index (χ0v) is 26.8. The van der Waals surface area contributed by atoms with Gasteiger partial charge in [-0.05, 0) is 50.5 Å². The summed E-state index contributed by atoms with van der Waals surface area (Å²) in [4.78, 5) is 25.4. The molecule has 10 aromatic rings. The van der Waals surface area contributed by atoms with E-state index in [0.29, 0.717) is 17.5 Å². The van der Waals surface area contributed by atoms with Crippen molar-refractivity contribution < 1.29 is 0 Å². The van der Waals surface area contributed by atoms with Gasteiger partial charge in [0.2, 0.25) is 0 Å². The second-order valence-electron chi connectivity index (χ2n) is 12.5. The van der Waals surface area contributed by atoms with Crippen molar-refractivity contribution in [1.29, 1.82) is 0 Å². The largest absolute Gasteiger partial charge is 0.254 e. The van der Waals surface area contributed by atoms with Gasteiger partial charge in [0.05, 0.1) is 16.9 Å². The molecule has 5 nitrogen and oxygen atoms in total. The zero-order chi connectivity index (χ0) is 33.0. The second kappa shape index (κ2) is 11.4. The van der Waals surface area contributed by atoms with Crippen LogP contribution in [0.2, 0.25) is 0 Å². The molecule has 0 bridgehead atoms. The molecule has 10 rings (SSSR count). The molecular weight excluding hydrogens is 611 g/mol. The van der Waals surface area contributed by atoms with E-state index in [2.05, 4.69) is 140 Å². The van der Waals surface area contributed by atoms with Gasteiger partial charge in [-0.15, -0.1) is 0 Å². The average Bonchev–Trinajstić information content (AvgIpc) is 3.19. The number of para-hydroxylation sites is 1. The highest BCUT2D eigenvalue weighted by Crippen LogP contribution is 2.37. The van der Waals surface area contributed by atoms with Crippen LogP contribution in [0.1, 0.15) is 0 Å². The minimum absolute atomic E-state index is 0.562. The minimum atomic E-state index is 0.562. The summed E-state index contributed by atoms with van der Waals surface area (Å²) in [6, 6.07) is 54.4. The van der Waals surface area contributed by atoms with Crippen LogP contribution < -0.4 is 0 Å². The van der Waals surface area contributed by atoms with E-state index in [1.807, 2.05) is 24.4 Å². The standard InChI is InChI=1S/C45H27N5/c1-4-16-32-28(11-1)14-9-20-35(32)44-48-43(49-45(50-44)36-21-10-15-29-12-2-5-17-33(29)36)31-24-26-40(46-27-31)42-38-25-23-30-13-3-6-18-34(30)41(38)37-19-7-8-22-39(37)47-42/h1-27H. The van der Waals surface area contributed by atoms with Crippen LogP contribution in [-0.2, 0) is 0 Å². The summed E-state index contributed by atoms with van der Waals surface area (Å²) in [5, 5.41) is 10.2. The van der Waals surface area contributed by atoms with Crippen LogP contribution in [0.25, 0.3) is 99.5 Å². The number of hydrogen-bond acceptors (Lipinski definition) is 5. The normalized spacial score (nSPS) is 11.6. The smallest absolute Gasteiger partial charge is 0.165 e. The van der Waals surface area contributed by atoms with Crippen molar-refractivity contribution in [3.8, 4) is 45.6 Å². The lowest BCUT2D eigenvalue weighted by Gasteiger charge is -2.13. The van der Waals surface area contributed by atoms with Gasteiger partial charge in [-0.1, -0.05) is 140 Å². The van der Waals surface area contributed by atoms with Gasteiger partial charge in [-0.3, -0.25) is 4.98 Å². The van der Waals surface area contributed by atoms with Crippen LogP contribution in [-0.4, -0.2) is 24.9 Å². The Morgan fingerprint density at radius 2 is 0.880 bits per heavy atom. The summed E-state index contributed by atoms with van der Waals surface area (Å²) in [5.74, 6) is 1.80. The molecule has 0 aliphatic rings. The molecule has 0 saturated carbocycles. The Morgan fingerprint density at radius 1 is 0.340 bits per heavy atom. The van der Waals surface area contributed by atoms with Gasteiger partial charge in [0.25, 0.3) is 0 Å². The summed E-state index contributed by atoms with van der Waals surface area (Å²) in [7, 11) is 0. The Morgan fingerprint density at radius 3 is 1.52 bits per heavy atom. The molecule has 50 heavy (non-hydrogen) atoms. The third kappa shape index (κ3) is 4.60. The van der Waals surface area contributed by atoms with Gasteiger partial charge in [0, 0.05) is 39.0 Å². The number of aromatic nitrogens is 5. The molecule has 0 radical (unpaired) electrons. The number of fused-ring (bicyclic) bond motifs is 7. The van der Waals surface area contributed by atoms with E-state index >= 15 is 0 Å². The topological polar surface area (TPSA) is 64.5 Å². The maximum atomic E-state index is 5.14. The predicted octanol–water partition coefficient (Wildman–Crippen LogP) is 11.1. The molecule has 0 spiro atoms. The van der Waals surface area contributed by atoms with Crippen molar-refractivity contribution in [2.75, 3.05) is 0 Å². The van der Waals surface area contributed by atoms with Gasteiger partial charge in [-0.25, -0.2) is 19.9 Å². The number of hydrogen-bond donors (Lipinski definition) is 0. The highest BCUT2D eigenvalue weighted by atomic mass is 15.0. The molecule has 0 saturated heterocycles. The Kier molecular flexibility index (Phi) is 6.42.